The number of rotatable bonds is 26. The van der Waals surface area contributed by atoms with Gasteiger partial charge in [-0.05, 0) is 42.3 Å². The Morgan fingerprint density at radius 1 is 0.581 bits per heavy atom. The van der Waals surface area contributed by atoms with E-state index in [1.54, 1.807) is 6.92 Å². The smallest absolute Gasteiger partial charge is 0.386 e. The molecule has 43 nitrogen and oxygen atoms in total. The molecule has 0 spiro atoms. The van der Waals surface area contributed by atoms with E-state index < -0.39 is 188 Å². The van der Waals surface area contributed by atoms with Crippen LogP contribution < -0.4 is 44.4 Å². The highest BCUT2D eigenvalue weighted by atomic mass is 32.7. The van der Waals surface area contributed by atoms with Gasteiger partial charge >= 0.3 is 32.6 Å². The van der Waals surface area contributed by atoms with Crippen molar-refractivity contribution in [2.75, 3.05) is 72.9 Å². The maximum Gasteiger partial charge on any atom is 0.386 e. The number of aromatic nitrogens is 16. The minimum Gasteiger partial charge on any atom is -0.394 e. The second-order valence-corrected chi connectivity index (χ2v) is 35.6. The number of nitrogens with one attached hydrogen (secondary N) is 2. The molecular formula is C51H63F3N22O21P4S4. The van der Waals surface area contributed by atoms with Gasteiger partial charge in [0.1, 0.15) is 115 Å². The molecule has 105 heavy (non-hydrogen) atoms. The number of nitrogens with two attached hydrogens (primary N) is 4. The quantitative estimate of drug-likeness (QED) is 0.0257. The number of hydrogen-bond acceptors (Lipinski definition) is 38. The van der Waals surface area contributed by atoms with Crippen LogP contribution in [0.2, 0.25) is 0 Å². The lowest BCUT2D eigenvalue weighted by Gasteiger charge is -2.28. The summed E-state index contributed by atoms with van der Waals surface area (Å²) in [6.45, 7) is -20.4. The lowest BCUT2D eigenvalue weighted by atomic mass is 10.0. The topological polar surface area (TPSA) is 569 Å². The molecule has 14 rings (SSSR count). The lowest BCUT2D eigenvalue weighted by Crippen LogP contribution is -2.42. The van der Waals surface area contributed by atoms with E-state index in [-0.39, 0.29) is 86.9 Å². The van der Waals surface area contributed by atoms with Gasteiger partial charge in [0, 0.05) is 24.1 Å². The van der Waals surface area contributed by atoms with Gasteiger partial charge in [0.05, 0.1) is 64.8 Å². The Morgan fingerprint density at radius 3 is 1.55 bits per heavy atom. The third-order valence-electron chi connectivity index (χ3n) is 17.8. The van der Waals surface area contributed by atoms with Gasteiger partial charge in [-0.15, -0.1) is 0 Å². The zero-order valence-corrected chi connectivity index (χ0v) is 60.8. The number of hydrogen-bond donors (Lipinski definition) is 12. The second-order valence-electron chi connectivity index (χ2n) is 24.4. The normalized spacial score (nSPS) is 32.1. The predicted octanol–water partition coefficient (Wildman–Crippen LogP) is 0.377. The number of nitrogens with zero attached hydrogens (tertiary/aromatic N) is 16. The van der Waals surface area contributed by atoms with E-state index in [9.17, 15) is 39.0 Å². The molecule has 8 aromatic rings. The number of fused-ring (bicyclic) bond motifs is 4. The fourth-order valence-corrected chi connectivity index (χ4v) is 18.6. The first-order chi connectivity index (χ1) is 49.9. The van der Waals surface area contributed by atoms with Crippen molar-refractivity contribution < 1.29 is 103 Å². The monoisotopic (exact) mass is 1630 g/mol. The number of aliphatic hydroxyl groups excluding tert-OH is 2. The highest BCUT2D eigenvalue weighted by Gasteiger charge is 2.57. The number of aromatic amines is 1. The number of aliphatic hydroxyl groups is 2. The number of halogens is 3. The number of alkyl halides is 3. The van der Waals surface area contributed by atoms with E-state index in [4.69, 9.17) is 118 Å². The average molecular weight is 1630 g/mol. The zero-order chi connectivity index (χ0) is 74.5. The second kappa shape index (κ2) is 29.7. The first kappa shape index (κ1) is 75.6. The summed E-state index contributed by atoms with van der Waals surface area (Å²) in [5.41, 5.74) is 23.6. The maximum absolute atomic E-state index is 17.6. The van der Waals surface area contributed by atoms with Gasteiger partial charge in [0.25, 0.3) is 5.56 Å². The number of ether oxygens (including phenoxy) is 5. The summed E-state index contributed by atoms with van der Waals surface area (Å²) >= 11 is 20.6. The Labute approximate surface area is 607 Å². The van der Waals surface area contributed by atoms with E-state index in [0.717, 1.165) is 34.4 Å². The number of anilines is 6. The van der Waals surface area contributed by atoms with Gasteiger partial charge < -0.3 is 99.8 Å². The molecule has 23 atom stereocenters. The van der Waals surface area contributed by atoms with E-state index >= 15 is 13.2 Å². The number of nitrogen functional groups attached to an aromatic ring is 4. The summed E-state index contributed by atoms with van der Waals surface area (Å²) in [7, 11) is 0. The molecule has 6 aliphatic rings. The van der Waals surface area contributed by atoms with Crippen LogP contribution >= 0.6 is 39.2 Å². The Kier molecular flexibility index (Phi) is 21.4. The SMILES string of the molecule is Cc1cn([C@H]2C[C@H](O)[C@@H](COP(O)(=S)OC3[C@@H](C)[C@H](n4cnc5c(N)ncnc54)O[C@@H]3COP(=O)(S)OC3[C@@H](F)[C@H](n4cnc5c(N)ncnc54)O[C@@H]3COP(O)(=S)OC3[C@@H](F)[C@H](N4CNc5c(N)ncnc54)O[C@@H]3COP(O)(=S)OC3[C@@H](F)[C@H](n4cnc5c(N)ncnc54)O[C@@H]3CO)O2)c(=O)[nH]c1=O. The fraction of sp³-hybridized carbons (Fsp3) is 0.549. The van der Waals surface area contributed by atoms with Crippen molar-refractivity contribution in [1.29, 1.82) is 0 Å². The molecule has 0 bridgehead atoms. The number of imidazole rings is 3. The largest absolute Gasteiger partial charge is 0.394 e. The summed E-state index contributed by atoms with van der Waals surface area (Å²) in [4.78, 5) is 109. The van der Waals surface area contributed by atoms with Crippen LogP contribution in [0.1, 0.15) is 43.8 Å². The molecule has 54 heteroatoms. The molecule has 15 N–H and O–H groups in total. The van der Waals surface area contributed by atoms with Crippen molar-refractivity contribution in [3.8, 4) is 0 Å². The molecule has 5 saturated heterocycles. The van der Waals surface area contributed by atoms with Crippen molar-refractivity contribution in [2.24, 2.45) is 5.92 Å². The predicted molar refractivity (Wildman–Crippen MR) is 368 cm³/mol. The molecule has 0 aromatic carbocycles. The highest BCUT2D eigenvalue weighted by molar-refractivity contribution is 8.44. The van der Waals surface area contributed by atoms with E-state index in [1.807, 2.05) is 0 Å². The van der Waals surface area contributed by atoms with E-state index in [1.165, 1.54) is 46.1 Å². The Balaban J connectivity index is 0.690. The standard InChI is InChI=1S/C51H63F3N22O21P4S4/c1-18-4-72(51(80)71-46(18)79)26-3-20(78)22(89-26)6-85-98(81,102)94-34-19(2)47(73-14-67-30-38(55)59-10-63-42(30)73)91-23(34)7-86-100(83,104)96-36-25(93-49(28(36)53)75-16-69-32-40(57)61-12-65-44(32)75)9-88-101(84,105)97-37-24(92-50(29(37)54)76-17-70-33-41(58)62-13-66-45(33)76)8-87-99(82,103)95-35-21(5-77)90-48(27(35)52)74-15-68-31-39(56)60-11-64-43(31)74/h4,10-16,19-29,34-37,47-50,70,77-78H,3,5-9,17H2,1-2H3,(H,81,102)(H,82,103)(H,83,104)(H,84,105)(H2,55,59,63)(H2,56,60,64)(H2,57,61,65)(H2,58,62,66)(H,71,79,80)/t19-,20+,21-,22-,23-,24-,25-,26-,27-,28-,29-,34?,35?,36?,37?,47-,48-,49-,50-,98?,99?,100?,101?/m1/s1. The zero-order valence-electron chi connectivity index (χ0n) is 53.9. The summed E-state index contributed by atoms with van der Waals surface area (Å²) in [6, 6.07) is 0. The van der Waals surface area contributed by atoms with E-state index in [2.05, 4.69) is 77.4 Å². The van der Waals surface area contributed by atoms with Crippen LogP contribution in [0.25, 0.3) is 33.5 Å². The van der Waals surface area contributed by atoms with Gasteiger partial charge in [-0.1, -0.05) is 19.2 Å². The van der Waals surface area contributed by atoms with Crippen LogP contribution in [-0.2, 0) is 99.9 Å². The Hall–Kier alpha value is -6.19. The maximum atomic E-state index is 17.6. The van der Waals surface area contributed by atoms with Gasteiger partial charge in [-0.25, -0.2) is 77.4 Å². The molecule has 0 amide bonds. The third-order valence-corrected chi connectivity index (χ3v) is 24.1. The lowest BCUT2D eigenvalue weighted by molar-refractivity contribution is -0.0538. The molecule has 568 valence electrons. The van der Waals surface area contributed by atoms with Crippen LogP contribution in [0.5, 0.6) is 0 Å². The van der Waals surface area contributed by atoms with Crippen LogP contribution in [0.15, 0.2) is 60.1 Å². The summed E-state index contributed by atoms with van der Waals surface area (Å²) < 4.78 is 148. The molecular weight excluding hydrogens is 1570 g/mol. The Bertz CT molecular complexity index is 4940. The number of thiol groups is 1. The summed E-state index contributed by atoms with van der Waals surface area (Å²) in [5.74, 6) is -0.964. The van der Waals surface area contributed by atoms with Crippen molar-refractivity contribution in [2.45, 2.75) is 131 Å². The van der Waals surface area contributed by atoms with Gasteiger partial charge in [-0.3, -0.25) is 46.1 Å². The van der Waals surface area contributed by atoms with E-state index in [0.29, 0.717) is 0 Å². The molecule has 5 fully saturated rings. The summed E-state index contributed by atoms with van der Waals surface area (Å²) in [5, 5.41) is 24.2. The Morgan fingerprint density at radius 2 is 1.01 bits per heavy atom. The molecule has 0 radical (unpaired) electrons. The van der Waals surface area contributed by atoms with Crippen LogP contribution in [0.3, 0.4) is 0 Å². The molecule has 6 aliphatic heterocycles. The molecule has 0 saturated carbocycles. The van der Waals surface area contributed by atoms with Crippen LogP contribution in [0.4, 0.5) is 47.9 Å². The minimum absolute atomic E-state index is 0.00788. The van der Waals surface area contributed by atoms with Crippen molar-refractivity contribution in [3.63, 3.8) is 0 Å². The van der Waals surface area contributed by atoms with Crippen molar-refractivity contribution in [3.05, 3.63) is 76.9 Å². The number of H-pyrrole nitrogens is 1. The fourth-order valence-electron chi connectivity index (χ4n) is 12.7. The molecule has 14 heterocycles. The molecule has 8 unspecified atom stereocenters. The number of aryl methyl sites for hydroxylation is 1. The minimum atomic E-state index is -4.99. The summed E-state index contributed by atoms with van der Waals surface area (Å²) in [6.07, 6.45) is -21.3. The van der Waals surface area contributed by atoms with Gasteiger partial charge in [-0.2, -0.15) is 0 Å². The van der Waals surface area contributed by atoms with Gasteiger partial charge in [0.15, 0.2) is 83.2 Å². The highest BCUT2D eigenvalue weighted by Crippen LogP contribution is 2.60. The van der Waals surface area contributed by atoms with Crippen LogP contribution in [-0.4, -0.2) is 228 Å². The molecule has 8 aromatic heterocycles. The third kappa shape index (κ3) is 15.1. The van der Waals surface area contributed by atoms with Crippen molar-refractivity contribution >= 4 is 143 Å². The van der Waals surface area contributed by atoms with Crippen LogP contribution in [0, 0.1) is 12.8 Å². The average Bonchev–Trinajstić information content (AvgIpc) is 1.63. The molecule has 0 aliphatic carbocycles. The first-order valence-electron chi connectivity index (χ1n) is 31.2. The first-order valence-corrected chi connectivity index (χ1v) is 41.7. The van der Waals surface area contributed by atoms with Gasteiger partial charge in [0.2, 0.25) is 0 Å². The van der Waals surface area contributed by atoms with Crippen molar-refractivity contribution in [1.82, 2.24) is 78.1 Å².